The van der Waals surface area contributed by atoms with Crippen LogP contribution in [0.25, 0.3) is 11.3 Å². The van der Waals surface area contributed by atoms with Gasteiger partial charge in [-0.3, -0.25) is 9.78 Å². The Morgan fingerprint density at radius 2 is 1.91 bits per heavy atom. The Hall–Kier alpha value is -3.16. The summed E-state index contributed by atoms with van der Waals surface area (Å²) < 4.78 is 5.32. The van der Waals surface area contributed by atoms with Gasteiger partial charge in [0, 0.05) is 24.0 Å². The first-order chi connectivity index (χ1) is 16.1. The number of nitrogens with one attached hydrogen (secondary N) is 3. The number of pyridine rings is 2. The molecule has 8 heteroatoms. The predicted molar refractivity (Wildman–Crippen MR) is 130 cm³/mol. The van der Waals surface area contributed by atoms with Crippen molar-refractivity contribution in [3.63, 3.8) is 0 Å². The number of carbonyl (C=O) groups is 1. The van der Waals surface area contributed by atoms with Crippen molar-refractivity contribution in [3.8, 4) is 17.0 Å². The predicted octanol–water partition coefficient (Wildman–Crippen LogP) is 4.30. The molecule has 4 heterocycles. The Labute approximate surface area is 197 Å². The molecule has 2 aromatic heterocycles. The van der Waals surface area contributed by atoms with Crippen LogP contribution in [-0.4, -0.2) is 42.6 Å². The maximum Gasteiger partial charge on any atom is 0.255 e. The van der Waals surface area contributed by atoms with E-state index >= 15 is 0 Å². The molecular formula is C25H26ClN5O2. The first-order valence-corrected chi connectivity index (χ1v) is 11.6. The summed E-state index contributed by atoms with van der Waals surface area (Å²) in [6, 6.07) is 10.3. The molecule has 1 saturated heterocycles. The smallest absolute Gasteiger partial charge is 0.255 e. The molecular weight excluding hydrogens is 438 g/mol. The summed E-state index contributed by atoms with van der Waals surface area (Å²) in [4.78, 5) is 21.8. The molecule has 0 saturated carbocycles. The number of hydrogen-bond acceptors (Lipinski definition) is 6. The third-order valence-electron chi connectivity index (χ3n) is 6.33. The molecule has 2 aliphatic heterocycles. The van der Waals surface area contributed by atoms with Crippen molar-refractivity contribution in [2.45, 2.75) is 25.2 Å². The van der Waals surface area contributed by atoms with Crippen molar-refractivity contribution in [1.82, 2.24) is 20.6 Å². The van der Waals surface area contributed by atoms with E-state index in [1.807, 2.05) is 18.2 Å². The number of rotatable bonds is 5. The van der Waals surface area contributed by atoms with E-state index in [-0.39, 0.29) is 5.91 Å². The molecule has 3 aromatic rings. The van der Waals surface area contributed by atoms with E-state index < -0.39 is 0 Å². The lowest BCUT2D eigenvalue weighted by molar-refractivity contribution is 0.0946. The number of nitrogens with zero attached hydrogens (tertiary/aromatic N) is 2. The molecule has 2 aliphatic rings. The van der Waals surface area contributed by atoms with Gasteiger partial charge in [0.1, 0.15) is 11.6 Å². The number of carbonyl (C=O) groups excluding carboxylic acids is 1. The number of anilines is 2. The molecule has 170 valence electrons. The highest BCUT2D eigenvalue weighted by molar-refractivity contribution is 6.34. The van der Waals surface area contributed by atoms with Crippen LogP contribution in [0.3, 0.4) is 0 Å². The maximum absolute atomic E-state index is 12.8. The highest BCUT2D eigenvalue weighted by Gasteiger charge is 2.27. The summed E-state index contributed by atoms with van der Waals surface area (Å²) in [6.45, 7) is 2.65. The Balaban J connectivity index is 1.52. The highest BCUT2D eigenvalue weighted by Crippen LogP contribution is 2.37. The van der Waals surface area contributed by atoms with Crippen molar-refractivity contribution >= 4 is 29.0 Å². The SMILES string of the molecule is COc1cncc(-c2nc(Nc3ccc(C4CCNCC4)cc3)c3c(c2Cl)CCNC3=O)c1. The Morgan fingerprint density at radius 1 is 1.12 bits per heavy atom. The second-order valence-electron chi connectivity index (χ2n) is 8.37. The highest BCUT2D eigenvalue weighted by atomic mass is 35.5. The number of hydrogen-bond donors (Lipinski definition) is 3. The molecule has 1 fully saturated rings. The Bertz CT molecular complexity index is 1180. The lowest BCUT2D eigenvalue weighted by Gasteiger charge is -2.24. The van der Waals surface area contributed by atoms with E-state index in [4.69, 9.17) is 21.3 Å². The zero-order chi connectivity index (χ0) is 22.8. The van der Waals surface area contributed by atoms with Crippen LogP contribution in [0.4, 0.5) is 11.5 Å². The van der Waals surface area contributed by atoms with E-state index in [0.29, 0.717) is 46.7 Å². The van der Waals surface area contributed by atoms with Crippen LogP contribution in [0.15, 0.2) is 42.7 Å². The van der Waals surface area contributed by atoms with Gasteiger partial charge in [0.05, 0.1) is 29.6 Å². The third kappa shape index (κ3) is 4.38. The van der Waals surface area contributed by atoms with Gasteiger partial charge in [-0.1, -0.05) is 23.7 Å². The topological polar surface area (TPSA) is 88.2 Å². The fourth-order valence-corrected chi connectivity index (χ4v) is 4.89. The minimum Gasteiger partial charge on any atom is -0.495 e. The van der Waals surface area contributed by atoms with Crippen LogP contribution in [0, 0.1) is 0 Å². The molecule has 0 atom stereocenters. The number of aromatic nitrogens is 2. The number of benzene rings is 1. The lowest BCUT2D eigenvalue weighted by atomic mass is 9.90. The summed E-state index contributed by atoms with van der Waals surface area (Å²) >= 11 is 6.76. The van der Waals surface area contributed by atoms with Crippen LogP contribution >= 0.6 is 11.6 Å². The van der Waals surface area contributed by atoms with Crippen LogP contribution in [-0.2, 0) is 6.42 Å². The fraction of sp³-hybridized carbons (Fsp3) is 0.320. The van der Waals surface area contributed by atoms with Crippen molar-refractivity contribution in [2.24, 2.45) is 0 Å². The van der Waals surface area contributed by atoms with Gasteiger partial charge in [-0.05, 0) is 67.6 Å². The monoisotopic (exact) mass is 463 g/mol. The number of amides is 1. The average Bonchev–Trinajstić information content (AvgIpc) is 2.87. The molecule has 33 heavy (non-hydrogen) atoms. The first-order valence-electron chi connectivity index (χ1n) is 11.2. The Kier molecular flexibility index (Phi) is 6.15. The van der Waals surface area contributed by atoms with Gasteiger partial charge < -0.3 is 20.7 Å². The molecule has 0 radical (unpaired) electrons. The second kappa shape index (κ2) is 9.37. The van der Waals surface area contributed by atoms with Crippen LogP contribution in [0.1, 0.15) is 40.2 Å². The van der Waals surface area contributed by atoms with Crippen molar-refractivity contribution in [2.75, 3.05) is 32.1 Å². The summed E-state index contributed by atoms with van der Waals surface area (Å²) in [6.07, 6.45) is 6.26. The van der Waals surface area contributed by atoms with Gasteiger partial charge in [0.2, 0.25) is 0 Å². The molecule has 1 amide bonds. The third-order valence-corrected chi connectivity index (χ3v) is 6.74. The molecule has 0 unspecified atom stereocenters. The summed E-state index contributed by atoms with van der Waals surface area (Å²) in [5, 5.41) is 10.2. The normalized spacial score (nSPS) is 16.1. The lowest BCUT2D eigenvalue weighted by Crippen LogP contribution is -2.33. The van der Waals surface area contributed by atoms with Gasteiger partial charge in [0.15, 0.2) is 0 Å². The number of fused-ring (bicyclic) bond motifs is 1. The molecule has 0 aliphatic carbocycles. The number of piperidine rings is 1. The van der Waals surface area contributed by atoms with E-state index in [1.165, 1.54) is 5.56 Å². The zero-order valence-corrected chi connectivity index (χ0v) is 19.2. The molecule has 0 bridgehead atoms. The average molecular weight is 464 g/mol. The summed E-state index contributed by atoms with van der Waals surface area (Å²) in [7, 11) is 1.59. The minimum absolute atomic E-state index is 0.171. The second-order valence-corrected chi connectivity index (χ2v) is 8.75. The van der Waals surface area contributed by atoms with Crippen LogP contribution < -0.4 is 20.7 Å². The molecule has 1 aromatic carbocycles. The zero-order valence-electron chi connectivity index (χ0n) is 18.5. The Morgan fingerprint density at radius 3 is 2.67 bits per heavy atom. The van der Waals surface area contributed by atoms with E-state index in [1.54, 1.807) is 19.5 Å². The summed E-state index contributed by atoms with van der Waals surface area (Å²) in [5.41, 5.74) is 4.81. The maximum atomic E-state index is 12.8. The van der Waals surface area contributed by atoms with Crippen molar-refractivity contribution in [1.29, 1.82) is 0 Å². The van der Waals surface area contributed by atoms with Gasteiger partial charge in [-0.2, -0.15) is 0 Å². The van der Waals surface area contributed by atoms with Gasteiger partial charge in [-0.15, -0.1) is 0 Å². The number of methoxy groups -OCH3 is 1. The number of halogens is 1. The molecule has 7 nitrogen and oxygen atoms in total. The molecule has 5 rings (SSSR count). The van der Waals surface area contributed by atoms with Gasteiger partial charge in [-0.25, -0.2) is 4.98 Å². The van der Waals surface area contributed by atoms with Gasteiger partial charge >= 0.3 is 0 Å². The molecule has 3 N–H and O–H groups in total. The molecule has 0 spiro atoms. The van der Waals surface area contributed by atoms with Crippen molar-refractivity contribution < 1.29 is 9.53 Å². The minimum atomic E-state index is -0.171. The first kappa shape index (κ1) is 21.7. The largest absolute Gasteiger partial charge is 0.495 e. The summed E-state index contributed by atoms with van der Waals surface area (Å²) in [5.74, 6) is 1.51. The quantitative estimate of drug-likeness (QED) is 0.522. The van der Waals surface area contributed by atoms with Gasteiger partial charge in [0.25, 0.3) is 5.91 Å². The van der Waals surface area contributed by atoms with Crippen LogP contribution in [0.5, 0.6) is 5.75 Å². The fourth-order valence-electron chi connectivity index (χ4n) is 4.55. The number of ether oxygens (including phenoxy) is 1. The van der Waals surface area contributed by atoms with E-state index in [2.05, 4.69) is 33.1 Å². The van der Waals surface area contributed by atoms with Crippen LogP contribution in [0.2, 0.25) is 5.02 Å². The van der Waals surface area contributed by atoms with E-state index in [9.17, 15) is 4.79 Å². The van der Waals surface area contributed by atoms with Crippen molar-refractivity contribution in [3.05, 3.63) is 64.4 Å². The standard InChI is InChI=1S/C25H26ClN5O2/c1-33-19-12-17(13-28-14-19)23-22(26)20-8-11-29-25(32)21(20)24(31-23)30-18-4-2-15(3-5-18)16-6-9-27-10-7-16/h2-5,12-14,16,27H,6-11H2,1H3,(H,29,32)(H,30,31). The van der Waals surface area contributed by atoms with E-state index in [0.717, 1.165) is 42.7 Å².